The number of hydrogen-bond donors (Lipinski definition) is 2. The van der Waals surface area contributed by atoms with Crippen molar-refractivity contribution in [2.24, 2.45) is 0 Å². The predicted molar refractivity (Wildman–Crippen MR) is 95.6 cm³/mol. The first-order valence-corrected chi connectivity index (χ1v) is 8.67. The molecule has 24 heavy (non-hydrogen) atoms. The third kappa shape index (κ3) is 3.23. The van der Waals surface area contributed by atoms with E-state index in [-0.39, 0.29) is 11.9 Å². The van der Waals surface area contributed by atoms with Crippen LogP contribution in [0.1, 0.15) is 50.0 Å². The summed E-state index contributed by atoms with van der Waals surface area (Å²) in [7, 11) is -0.448. The maximum atomic E-state index is 12.5. The summed E-state index contributed by atoms with van der Waals surface area (Å²) in [5.74, 6) is -0.0403. The van der Waals surface area contributed by atoms with Crippen molar-refractivity contribution in [3.63, 3.8) is 0 Å². The molecule has 1 aromatic rings. The number of carbonyl (C=O) groups is 1. The number of amides is 1. The number of benzene rings is 1. The van der Waals surface area contributed by atoms with Gasteiger partial charge in [-0.3, -0.25) is 4.79 Å². The monoisotopic (exact) mass is 330 g/mol. The molecule has 2 heterocycles. The first kappa shape index (κ1) is 17.5. The average molecular weight is 330 g/mol. The van der Waals surface area contributed by atoms with Crippen LogP contribution in [0, 0.1) is 6.92 Å². The Balaban J connectivity index is 1.81. The van der Waals surface area contributed by atoms with Crippen LogP contribution in [0.2, 0.25) is 0 Å². The summed E-state index contributed by atoms with van der Waals surface area (Å²) in [5, 5.41) is 6.34. The molecule has 1 amide bonds. The van der Waals surface area contributed by atoms with Gasteiger partial charge in [0.05, 0.1) is 11.2 Å². The maximum Gasteiger partial charge on any atom is 0.495 e. The lowest BCUT2D eigenvalue weighted by Gasteiger charge is -2.32. The van der Waals surface area contributed by atoms with Crippen molar-refractivity contribution in [1.82, 2.24) is 10.6 Å². The second-order valence-corrected chi connectivity index (χ2v) is 7.82. The van der Waals surface area contributed by atoms with Gasteiger partial charge in [-0.1, -0.05) is 11.6 Å². The third-order valence-electron chi connectivity index (χ3n) is 5.44. The molecule has 2 fully saturated rings. The Morgan fingerprint density at radius 1 is 1.25 bits per heavy atom. The van der Waals surface area contributed by atoms with Crippen molar-refractivity contribution in [3.8, 4) is 0 Å². The third-order valence-corrected chi connectivity index (χ3v) is 5.44. The van der Waals surface area contributed by atoms with Crippen LogP contribution in [-0.4, -0.2) is 43.4 Å². The van der Waals surface area contributed by atoms with Crippen molar-refractivity contribution >= 4 is 18.5 Å². The highest BCUT2D eigenvalue weighted by atomic mass is 16.7. The zero-order valence-corrected chi connectivity index (χ0v) is 15.2. The van der Waals surface area contributed by atoms with Crippen molar-refractivity contribution in [1.29, 1.82) is 0 Å². The van der Waals surface area contributed by atoms with Crippen molar-refractivity contribution in [2.75, 3.05) is 13.1 Å². The van der Waals surface area contributed by atoms with Gasteiger partial charge in [0.15, 0.2) is 0 Å². The molecule has 130 valence electrons. The molecule has 0 saturated carbocycles. The second kappa shape index (κ2) is 6.17. The lowest BCUT2D eigenvalue weighted by atomic mass is 9.75. The van der Waals surface area contributed by atoms with Gasteiger partial charge in [0, 0.05) is 18.2 Å². The highest BCUT2D eigenvalue weighted by Crippen LogP contribution is 2.36. The Morgan fingerprint density at radius 3 is 2.50 bits per heavy atom. The minimum atomic E-state index is -0.448. The molecule has 0 aliphatic carbocycles. The van der Waals surface area contributed by atoms with Gasteiger partial charge in [-0.05, 0) is 65.2 Å². The number of hydrogen-bond acceptors (Lipinski definition) is 4. The van der Waals surface area contributed by atoms with Crippen LogP contribution in [0.4, 0.5) is 0 Å². The lowest BCUT2D eigenvalue weighted by molar-refractivity contribution is 0.00578. The summed E-state index contributed by atoms with van der Waals surface area (Å²) >= 11 is 0. The summed E-state index contributed by atoms with van der Waals surface area (Å²) in [4.78, 5) is 12.5. The number of rotatable bonds is 3. The van der Waals surface area contributed by atoms with Crippen LogP contribution in [0.5, 0.6) is 0 Å². The molecule has 0 unspecified atom stereocenters. The summed E-state index contributed by atoms with van der Waals surface area (Å²) < 4.78 is 12.3. The van der Waals surface area contributed by atoms with Gasteiger partial charge in [-0.25, -0.2) is 0 Å². The summed E-state index contributed by atoms with van der Waals surface area (Å²) in [5.41, 5.74) is 1.85. The Bertz CT molecular complexity index is 623. The normalized spacial score (nSPS) is 25.0. The maximum absolute atomic E-state index is 12.5. The average Bonchev–Trinajstić information content (AvgIpc) is 3.05. The van der Waals surface area contributed by atoms with E-state index in [4.69, 9.17) is 9.31 Å². The van der Waals surface area contributed by atoms with Gasteiger partial charge in [0.25, 0.3) is 5.91 Å². The molecule has 2 N–H and O–H groups in total. The van der Waals surface area contributed by atoms with Gasteiger partial charge in [-0.2, -0.15) is 0 Å². The molecule has 0 bridgehead atoms. The molecule has 0 spiro atoms. The molecule has 0 radical (unpaired) electrons. The zero-order valence-electron chi connectivity index (χ0n) is 15.2. The molecule has 5 nitrogen and oxygen atoms in total. The number of carbonyl (C=O) groups excluding carboxylic acids is 1. The Labute approximate surface area is 144 Å². The van der Waals surface area contributed by atoms with Crippen molar-refractivity contribution in [3.05, 3.63) is 29.3 Å². The van der Waals surface area contributed by atoms with E-state index in [0.29, 0.717) is 5.56 Å². The van der Waals surface area contributed by atoms with Crippen LogP contribution in [-0.2, 0) is 9.31 Å². The molecule has 0 aromatic heterocycles. The molecule has 2 saturated heterocycles. The Morgan fingerprint density at radius 2 is 1.92 bits per heavy atom. The van der Waals surface area contributed by atoms with Crippen LogP contribution < -0.4 is 16.1 Å². The van der Waals surface area contributed by atoms with Crippen LogP contribution >= 0.6 is 0 Å². The Hall–Kier alpha value is -1.37. The minimum Gasteiger partial charge on any atom is -0.399 e. The molecule has 3 rings (SSSR count). The van der Waals surface area contributed by atoms with Gasteiger partial charge in [0.1, 0.15) is 0 Å². The van der Waals surface area contributed by atoms with E-state index in [2.05, 4.69) is 10.6 Å². The molecular formula is C18H27BN2O3. The van der Waals surface area contributed by atoms with E-state index in [1.165, 1.54) is 0 Å². The SMILES string of the molecule is Cc1ccc(C(=O)N[C@@H]2CCNC2)cc1B1OC(C)(C)C(C)(C)O1. The Kier molecular flexibility index (Phi) is 4.49. The van der Waals surface area contributed by atoms with E-state index in [9.17, 15) is 4.79 Å². The van der Waals surface area contributed by atoms with Gasteiger partial charge in [0.2, 0.25) is 0 Å². The fourth-order valence-corrected chi connectivity index (χ4v) is 3.05. The standard InChI is InChI=1S/C18H27BN2O3/c1-12-6-7-13(16(22)21-14-8-9-20-11-14)10-15(12)19-23-17(2,3)18(4,5)24-19/h6-7,10,14,20H,8-9,11H2,1-5H3,(H,21,22)/t14-/m1/s1. The van der Waals surface area contributed by atoms with Crippen LogP contribution in [0.15, 0.2) is 18.2 Å². The fraction of sp³-hybridized carbons (Fsp3) is 0.611. The fourth-order valence-electron chi connectivity index (χ4n) is 3.05. The van der Waals surface area contributed by atoms with Crippen LogP contribution in [0.25, 0.3) is 0 Å². The quantitative estimate of drug-likeness (QED) is 0.823. The van der Waals surface area contributed by atoms with E-state index in [1.807, 2.05) is 52.8 Å². The molecule has 2 aliphatic heterocycles. The van der Waals surface area contributed by atoms with Gasteiger partial charge in [-0.15, -0.1) is 0 Å². The van der Waals surface area contributed by atoms with E-state index in [1.54, 1.807) is 0 Å². The van der Waals surface area contributed by atoms with Crippen molar-refractivity contribution < 1.29 is 14.1 Å². The first-order valence-electron chi connectivity index (χ1n) is 8.67. The van der Waals surface area contributed by atoms with Crippen molar-refractivity contribution in [2.45, 2.75) is 58.3 Å². The summed E-state index contributed by atoms with van der Waals surface area (Å²) in [6.07, 6.45) is 0.974. The van der Waals surface area contributed by atoms with Gasteiger partial charge < -0.3 is 19.9 Å². The highest BCUT2D eigenvalue weighted by molar-refractivity contribution is 6.62. The van der Waals surface area contributed by atoms with E-state index < -0.39 is 18.3 Å². The van der Waals surface area contributed by atoms with E-state index >= 15 is 0 Å². The largest absolute Gasteiger partial charge is 0.495 e. The molecule has 1 atom stereocenters. The van der Waals surface area contributed by atoms with Gasteiger partial charge >= 0.3 is 7.12 Å². The van der Waals surface area contributed by atoms with Crippen LogP contribution in [0.3, 0.4) is 0 Å². The smallest absolute Gasteiger partial charge is 0.399 e. The van der Waals surface area contributed by atoms with E-state index in [0.717, 1.165) is 30.5 Å². The molecule has 1 aromatic carbocycles. The first-order chi connectivity index (χ1) is 11.2. The lowest BCUT2D eigenvalue weighted by Crippen LogP contribution is -2.41. The minimum absolute atomic E-state index is 0.0403. The topological polar surface area (TPSA) is 59.6 Å². The highest BCUT2D eigenvalue weighted by Gasteiger charge is 2.52. The molecule has 6 heteroatoms. The number of nitrogens with one attached hydrogen (secondary N) is 2. The number of aryl methyl sites for hydroxylation is 1. The molecule has 2 aliphatic rings. The summed E-state index contributed by atoms with van der Waals surface area (Å²) in [6.45, 7) is 11.9. The molecular weight excluding hydrogens is 303 g/mol. The zero-order chi connectivity index (χ0) is 17.5. The summed E-state index contributed by atoms with van der Waals surface area (Å²) in [6, 6.07) is 5.93. The second-order valence-electron chi connectivity index (χ2n) is 7.82. The predicted octanol–water partition coefficient (Wildman–Crippen LogP) is 1.39.